The van der Waals surface area contributed by atoms with Crippen molar-refractivity contribution in [1.82, 2.24) is 9.71 Å². The third-order valence-corrected chi connectivity index (χ3v) is 5.18. The van der Waals surface area contributed by atoms with Crippen LogP contribution in [0, 0.1) is 28.6 Å². The maximum absolute atomic E-state index is 12.4. The molecule has 1 aliphatic carbocycles. The molecular formula is C14H16N4O2S. The summed E-state index contributed by atoms with van der Waals surface area (Å²) in [5, 5.41) is 18.2. The maximum atomic E-state index is 12.4. The number of aromatic nitrogens is 1. The second-order valence-electron chi connectivity index (χ2n) is 5.09. The number of sulfonamides is 1. The zero-order valence-electron chi connectivity index (χ0n) is 11.5. The molecule has 1 fully saturated rings. The predicted octanol–water partition coefficient (Wildman–Crippen LogP) is 1.70. The van der Waals surface area contributed by atoms with Crippen molar-refractivity contribution in [3.63, 3.8) is 0 Å². The third-order valence-electron chi connectivity index (χ3n) is 3.71. The van der Waals surface area contributed by atoms with Gasteiger partial charge in [-0.2, -0.15) is 15.2 Å². The molecule has 0 aromatic carbocycles. The van der Waals surface area contributed by atoms with Crippen LogP contribution in [0.15, 0.2) is 23.2 Å². The van der Waals surface area contributed by atoms with Gasteiger partial charge in [0.2, 0.25) is 10.0 Å². The highest BCUT2D eigenvalue weighted by molar-refractivity contribution is 7.89. The van der Waals surface area contributed by atoms with Crippen molar-refractivity contribution in [2.75, 3.05) is 0 Å². The Balaban J connectivity index is 2.24. The van der Waals surface area contributed by atoms with Gasteiger partial charge in [0.15, 0.2) is 5.69 Å². The number of rotatable bonds is 4. The average molecular weight is 304 g/mol. The van der Waals surface area contributed by atoms with Crippen LogP contribution >= 0.6 is 0 Å². The van der Waals surface area contributed by atoms with Crippen molar-refractivity contribution in [2.24, 2.45) is 5.92 Å². The topological polar surface area (TPSA) is 107 Å². The van der Waals surface area contributed by atoms with Crippen LogP contribution in [-0.4, -0.2) is 19.4 Å². The van der Waals surface area contributed by atoms with Crippen LogP contribution in [0.4, 0.5) is 0 Å². The summed E-state index contributed by atoms with van der Waals surface area (Å²) < 4.78 is 27.2. The number of hydrogen-bond donors (Lipinski definition) is 1. The van der Waals surface area contributed by atoms with Crippen LogP contribution in [0.2, 0.25) is 0 Å². The summed E-state index contributed by atoms with van der Waals surface area (Å²) in [5.74, 6) is 0.0285. The molecule has 7 heteroatoms. The lowest BCUT2D eigenvalue weighted by molar-refractivity contribution is 0.324. The second-order valence-corrected chi connectivity index (χ2v) is 6.77. The summed E-state index contributed by atoms with van der Waals surface area (Å²) in [6, 6.07) is 5.82. The smallest absolute Gasteiger partial charge is 0.244 e. The molecule has 2 rings (SSSR count). The molecule has 0 radical (unpaired) electrons. The standard InChI is InChI=1S/C14H16N4O2S/c15-9-12(11-5-2-1-3-6-11)18-21(19,20)14-7-4-8-17-13(14)10-16/h4,7-8,11-12,18H,1-3,5-6H2. The first-order valence-electron chi connectivity index (χ1n) is 6.85. The second kappa shape index (κ2) is 6.66. The highest BCUT2D eigenvalue weighted by Crippen LogP contribution is 2.27. The molecule has 1 atom stereocenters. The van der Waals surface area contributed by atoms with Gasteiger partial charge in [0, 0.05) is 6.20 Å². The van der Waals surface area contributed by atoms with Gasteiger partial charge in [-0.05, 0) is 30.9 Å². The Morgan fingerprint density at radius 2 is 2.00 bits per heavy atom. The summed E-state index contributed by atoms with van der Waals surface area (Å²) in [5.41, 5.74) is -0.162. The molecule has 0 spiro atoms. The van der Waals surface area contributed by atoms with E-state index in [-0.39, 0.29) is 16.5 Å². The fourth-order valence-electron chi connectivity index (χ4n) is 2.62. The lowest BCUT2D eigenvalue weighted by Gasteiger charge is -2.26. The number of hydrogen-bond acceptors (Lipinski definition) is 5. The first kappa shape index (κ1) is 15.4. The van der Waals surface area contributed by atoms with E-state index >= 15 is 0 Å². The van der Waals surface area contributed by atoms with E-state index in [1.165, 1.54) is 18.3 Å². The molecule has 0 bridgehead atoms. The minimum atomic E-state index is -3.92. The molecule has 0 amide bonds. The van der Waals surface area contributed by atoms with Gasteiger partial charge in [0.25, 0.3) is 0 Å². The summed E-state index contributed by atoms with van der Waals surface area (Å²) in [6.45, 7) is 0. The number of nitrogens with one attached hydrogen (secondary N) is 1. The van der Waals surface area contributed by atoms with Gasteiger partial charge in [0.1, 0.15) is 17.0 Å². The fourth-order valence-corrected chi connectivity index (χ4v) is 3.93. The Hall–Kier alpha value is -1.96. The largest absolute Gasteiger partial charge is 0.244 e. The molecule has 110 valence electrons. The van der Waals surface area contributed by atoms with Gasteiger partial charge < -0.3 is 0 Å². The first-order valence-corrected chi connectivity index (χ1v) is 8.34. The van der Waals surface area contributed by atoms with Crippen molar-refractivity contribution in [3.8, 4) is 12.1 Å². The van der Waals surface area contributed by atoms with E-state index in [2.05, 4.69) is 9.71 Å². The van der Waals surface area contributed by atoms with Gasteiger partial charge in [-0.15, -0.1) is 0 Å². The molecule has 1 aliphatic rings. The quantitative estimate of drug-likeness (QED) is 0.911. The molecule has 1 saturated carbocycles. The summed E-state index contributed by atoms with van der Waals surface area (Å²) in [4.78, 5) is 3.57. The van der Waals surface area contributed by atoms with Gasteiger partial charge in [-0.3, -0.25) is 0 Å². The van der Waals surface area contributed by atoms with Crippen LogP contribution in [0.1, 0.15) is 37.8 Å². The summed E-state index contributed by atoms with van der Waals surface area (Å²) in [6.07, 6.45) is 6.21. The zero-order chi connectivity index (χ0) is 15.3. The highest BCUT2D eigenvalue weighted by atomic mass is 32.2. The lowest BCUT2D eigenvalue weighted by atomic mass is 9.85. The molecule has 0 saturated heterocycles. The molecule has 1 aromatic rings. The lowest BCUT2D eigenvalue weighted by Crippen LogP contribution is -2.40. The third kappa shape index (κ3) is 3.57. The molecule has 1 heterocycles. The first-order chi connectivity index (χ1) is 10.1. The van der Waals surface area contributed by atoms with Crippen LogP contribution in [-0.2, 0) is 10.0 Å². The Kier molecular flexibility index (Phi) is 4.89. The van der Waals surface area contributed by atoms with Gasteiger partial charge in [-0.1, -0.05) is 19.3 Å². The van der Waals surface area contributed by atoms with Crippen LogP contribution in [0.25, 0.3) is 0 Å². The van der Waals surface area contributed by atoms with Crippen LogP contribution in [0.3, 0.4) is 0 Å². The normalized spacial score (nSPS) is 17.6. The van der Waals surface area contributed by atoms with E-state index in [0.717, 1.165) is 32.1 Å². The molecule has 1 unspecified atom stereocenters. The monoisotopic (exact) mass is 304 g/mol. The van der Waals surface area contributed by atoms with E-state index < -0.39 is 16.1 Å². The van der Waals surface area contributed by atoms with E-state index in [1.54, 1.807) is 6.07 Å². The van der Waals surface area contributed by atoms with Gasteiger partial charge in [0.05, 0.1) is 6.07 Å². The van der Waals surface area contributed by atoms with Crippen molar-refractivity contribution >= 4 is 10.0 Å². The minimum absolute atomic E-state index is 0.0285. The highest BCUT2D eigenvalue weighted by Gasteiger charge is 2.29. The predicted molar refractivity (Wildman–Crippen MR) is 75.2 cm³/mol. The molecule has 21 heavy (non-hydrogen) atoms. The Bertz CT molecular complexity index is 682. The van der Waals surface area contributed by atoms with Gasteiger partial charge in [-0.25, -0.2) is 13.4 Å². The molecular weight excluding hydrogens is 288 g/mol. The van der Waals surface area contributed by atoms with E-state index in [0.29, 0.717) is 0 Å². The average Bonchev–Trinajstić information content (AvgIpc) is 2.53. The van der Waals surface area contributed by atoms with Crippen molar-refractivity contribution in [2.45, 2.75) is 43.0 Å². The minimum Gasteiger partial charge on any atom is -0.244 e. The molecule has 0 aliphatic heterocycles. The number of nitrogens with zero attached hydrogens (tertiary/aromatic N) is 3. The molecule has 1 aromatic heterocycles. The Morgan fingerprint density at radius 3 is 2.62 bits per heavy atom. The van der Waals surface area contributed by atoms with E-state index in [1.807, 2.05) is 6.07 Å². The summed E-state index contributed by atoms with van der Waals surface area (Å²) >= 11 is 0. The number of nitriles is 2. The van der Waals surface area contributed by atoms with Crippen LogP contribution in [0.5, 0.6) is 0 Å². The van der Waals surface area contributed by atoms with Gasteiger partial charge >= 0.3 is 0 Å². The van der Waals surface area contributed by atoms with Crippen molar-refractivity contribution < 1.29 is 8.42 Å². The zero-order valence-corrected chi connectivity index (χ0v) is 12.3. The SMILES string of the molecule is N#Cc1ncccc1S(=O)(=O)NC(C#N)C1CCCCC1. The summed E-state index contributed by atoms with van der Waals surface area (Å²) in [7, 11) is -3.92. The Labute approximate surface area is 124 Å². The van der Waals surface area contributed by atoms with Crippen molar-refractivity contribution in [1.29, 1.82) is 10.5 Å². The number of pyridine rings is 1. The maximum Gasteiger partial charge on any atom is 0.244 e. The molecule has 1 N–H and O–H groups in total. The molecule has 6 nitrogen and oxygen atoms in total. The Morgan fingerprint density at radius 1 is 1.29 bits per heavy atom. The fraction of sp³-hybridized carbons (Fsp3) is 0.500. The van der Waals surface area contributed by atoms with Crippen LogP contribution < -0.4 is 4.72 Å². The van der Waals surface area contributed by atoms with E-state index in [4.69, 9.17) is 5.26 Å². The van der Waals surface area contributed by atoms with Crippen molar-refractivity contribution in [3.05, 3.63) is 24.0 Å². The van der Waals surface area contributed by atoms with E-state index in [9.17, 15) is 13.7 Å².